The van der Waals surface area contributed by atoms with Crippen molar-refractivity contribution in [3.05, 3.63) is 132 Å². The van der Waals surface area contributed by atoms with Crippen LogP contribution in [0.15, 0.2) is 143 Å². The summed E-state index contributed by atoms with van der Waals surface area (Å²) < 4.78 is 93.2. The van der Waals surface area contributed by atoms with Gasteiger partial charge in [0.05, 0.1) is 35.9 Å². The Morgan fingerprint density at radius 1 is 0.620 bits per heavy atom. The second-order valence-corrected chi connectivity index (χ2v) is 24.7. The zero-order valence-corrected chi connectivity index (χ0v) is 52.3. The molecule has 12 rings (SSSR count). The number of benzene rings is 5. The molecule has 0 spiro atoms. The SMILES string of the molecule is CC(C)(C)OC(=O)NC/C(=C\F)COc1ccc2nc(NC3CCC(O)C3)oc2c1.Cc1ccc(S(=O)(=O)O)cc1.NC/C(=C\F)COc1ccc2nc(NC3CCC(O)C3)oc2c1.Oc1ccc2nc(Cl)oc2c1.Oc1ccc2nc(NC3CCC(O)C3)oc2c1. The first-order chi connectivity index (χ1) is 43.8. The lowest BCUT2D eigenvalue weighted by Gasteiger charge is -2.20. The number of nitrogens with one attached hydrogen (secondary N) is 4. The fourth-order valence-corrected chi connectivity index (χ4v) is 10.2. The first-order valence-electron chi connectivity index (χ1n) is 29.4. The molecule has 4 aromatic heterocycles. The lowest BCUT2D eigenvalue weighted by atomic mass is 10.2. The van der Waals surface area contributed by atoms with Crippen LogP contribution in [-0.4, -0.2) is 133 Å². The van der Waals surface area contributed by atoms with Gasteiger partial charge in [0.15, 0.2) is 22.3 Å². The maximum absolute atomic E-state index is 13.1. The highest BCUT2D eigenvalue weighted by atomic mass is 35.5. The van der Waals surface area contributed by atoms with Crippen LogP contribution in [0.4, 0.5) is 31.6 Å². The van der Waals surface area contributed by atoms with E-state index >= 15 is 0 Å². The Hall–Kier alpha value is -8.77. The minimum absolute atomic E-state index is 0.0305. The Kier molecular flexibility index (Phi) is 24.0. The summed E-state index contributed by atoms with van der Waals surface area (Å²) in [4.78, 5) is 28.5. The van der Waals surface area contributed by atoms with E-state index in [4.69, 9.17) is 58.9 Å². The van der Waals surface area contributed by atoms with Gasteiger partial charge in [0.1, 0.15) is 63.9 Å². The normalized spacial score (nSPS) is 19.0. The van der Waals surface area contributed by atoms with Crippen molar-refractivity contribution in [2.45, 2.75) is 132 Å². The third-order valence-corrected chi connectivity index (χ3v) is 15.3. The summed E-state index contributed by atoms with van der Waals surface area (Å²) >= 11 is 5.48. The number of aryl methyl sites for hydroxylation is 1. The number of rotatable bonds is 16. The van der Waals surface area contributed by atoms with E-state index in [9.17, 15) is 42.4 Å². The Morgan fingerprint density at radius 3 is 1.41 bits per heavy atom. The molecular weight excluding hydrogens is 1240 g/mol. The molecule has 0 aliphatic heterocycles. The van der Waals surface area contributed by atoms with Gasteiger partial charge in [-0.1, -0.05) is 17.7 Å². The molecule has 5 aromatic carbocycles. The molecule has 25 nitrogen and oxygen atoms in total. The van der Waals surface area contributed by atoms with E-state index in [0.29, 0.717) is 105 Å². The van der Waals surface area contributed by atoms with Crippen LogP contribution in [0.1, 0.15) is 84.1 Å². The van der Waals surface area contributed by atoms with Crippen LogP contribution in [0, 0.1) is 6.92 Å². The molecule has 3 aliphatic rings. The van der Waals surface area contributed by atoms with Crippen LogP contribution >= 0.6 is 11.6 Å². The number of aliphatic hydroxyl groups excluding tert-OH is 3. The minimum Gasteiger partial charge on any atom is -0.508 e. The highest BCUT2D eigenvalue weighted by Gasteiger charge is 2.27. The van der Waals surface area contributed by atoms with Crippen molar-refractivity contribution >= 4 is 90.3 Å². The number of phenols is 2. The summed E-state index contributed by atoms with van der Waals surface area (Å²) in [7, 11) is -4.02. The number of ether oxygens (including phenoxy) is 3. The van der Waals surface area contributed by atoms with E-state index < -0.39 is 21.8 Å². The van der Waals surface area contributed by atoms with Gasteiger partial charge in [-0.3, -0.25) is 4.55 Å². The molecular formula is C63H74ClF2N9O16S. The van der Waals surface area contributed by atoms with Gasteiger partial charge in [0, 0.05) is 66.6 Å². The van der Waals surface area contributed by atoms with Crippen molar-refractivity contribution in [3.63, 3.8) is 0 Å². The number of phenolic OH excluding ortho intramolecular Hbond substituents is 2. The highest BCUT2D eigenvalue weighted by Crippen LogP contribution is 2.31. The quantitative estimate of drug-likeness (QED) is 0.0400. The van der Waals surface area contributed by atoms with Gasteiger partial charge in [-0.2, -0.15) is 28.4 Å². The fraction of sp³-hybridized carbons (Fsp3) is 0.381. The summed E-state index contributed by atoms with van der Waals surface area (Å²) in [6.45, 7) is 7.22. The summed E-state index contributed by atoms with van der Waals surface area (Å²) in [5.74, 6) is 1.35. The molecule has 0 bridgehead atoms. The number of halogens is 3. The largest absolute Gasteiger partial charge is 0.508 e. The molecule has 3 saturated carbocycles. The lowest BCUT2D eigenvalue weighted by Crippen LogP contribution is -2.34. The van der Waals surface area contributed by atoms with Gasteiger partial charge in [-0.15, -0.1) is 0 Å². The molecule has 3 aliphatic carbocycles. The number of carbonyl (C=O) groups is 1. The summed E-state index contributed by atoms with van der Waals surface area (Å²) in [5, 5.41) is 59.1. The highest BCUT2D eigenvalue weighted by molar-refractivity contribution is 7.85. The molecule has 9 aromatic rings. The van der Waals surface area contributed by atoms with E-state index in [1.165, 1.54) is 30.3 Å². The molecule has 4 heterocycles. The van der Waals surface area contributed by atoms with Crippen LogP contribution in [0.5, 0.6) is 23.0 Å². The second kappa shape index (κ2) is 32.0. The van der Waals surface area contributed by atoms with Crippen molar-refractivity contribution in [1.29, 1.82) is 0 Å². The summed E-state index contributed by atoms with van der Waals surface area (Å²) in [6.07, 6.45) is 6.64. The molecule has 3 fully saturated rings. The number of hydrogen-bond acceptors (Lipinski definition) is 23. The Morgan fingerprint density at radius 2 is 1.02 bits per heavy atom. The third kappa shape index (κ3) is 21.4. The van der Waals surface area contributed by atoms with E-state index in [1.807, 2.05) is 6.92 Å². The number of aromatic nitrogens is 4. The molecule has 92 heavy (non-hydrogen) atoms. The van der Waals surface area contributed by atoms with Crippen molar-refractivity contribution in [1.82, 2.24) is 25.3 Å². The standard InChI is InChI=1S/C21H28FN3O5.C16H20FN3O3.C12H14N2O3.C7H4ClNO2.C7H8O3S/c1-21(2,3)30-20(27)23-11-13(10-22)12-28-16-6-7-17-18(9-16)29-19(25-17)24-14-4-5-15(26)8-14;17-7-10(8-18)9-22-13-3-4-14-15(6-13)23-16(20-14)19-11-1-2-12(21)5-11;15-8-2-1-7(5-8)13-12-14-10-4-3-9(16)6-11(10)17-12;8-7-9-5-2-1-4(10)3-6(5)11-7;1-6-2-4-7(5-3-6)11(8,9)10/h6-7,9-10,14-15,26H,4-5,8,11-12H2,1-3H3,(H,23,27)(H,24,25);3-4,6-7,11-12,21H,1-2,5,8-9,18H2,(H,19,20);3-4,6-8,15-16H,1-2,5H2,(H,13,14);1-3,10H;2-5H,1H3,(H,8,9,10)/b13-10+;10-7+;;;. The van der Waals surface area contributed by atoms with Gasteiger partial charge >= 0.3 is 6.09 Å². The number of hydrogen-bond donors (Lipinski definition) is 11. The molecule has 29 heteroatoms. The first kappa shape index (κ1) is 69.1. The maximum Gasteiger partial charge on any atom is 0.407 e. The average Bonchev–Trinajstić information content (AvgIpc) is 1.92. The maximum atomic E-state index is 13.1. The van der Waals surface area contributed by atoms with Crippen molar-refractivity contribution in [3.8, 4) is 23.0 Å². The monoisotopic (exact) mass is 1320 g/mol. The number of nitrogens with two attached hydrogens (primary N) is 1. The fourth-order valence-electron chi connectivity index (χ4n) is 9.58. The smallest absolute Gasteiger partial charge is 0.407 e. The number of anilines is 3. The third-order valence-electron chi connectivity index (χ3n) is 14.2. The number of nitrogens with zero attached hydrogens (tertiary/aromatic N) is 4. The summed E-state index contributed by atoms with van der Waals surface area (Å²) in [5.41, 5.74) is 11.2. The number of aromatic hydroxyl groups is 2. The topological polar surface area (TPSA) is 379 Å². The molecule has 0 saturated heterocycles. The zero-order chi connectivity index (χ0) is 66.1. The first-order valence-corrected chi connectivity index (χ1v) is 31.2. The number of carbonyl (C=O) groups excluding carboxylic acids is 1. The van der Waals surface area contributed by atoms with E-state index in [1.54, 1.807) is 87.5 Å². The molecule has 6 atom stereocenters. The van der Waals surface area contributed by atoms with Gasteiger partial charge in [-0.25, -0.2) is 13.6 Å². The van der Waals surface area contributed by atoms with Crippen molar-refractivity contribution < 1.29 is 84.0 Å². The Balaban J connectivity index is 0.000000156. The van der Waals surface area contributed by atoms with Gasteiger partial charge in [-0.05, 0) is 158 Å². The van der Waals surface area contributed by atoms with Gasteiger partial charge < -0.3 is 84.4 Å². The van der Waals surface area contributed by atoms with Crippen molar-refractivity contribution in [2.24, 2.45) is 5.73 Å². The number of amides is 1. The Bertz CT molecular complexity index is 4060. The predicted molar refractivity (Wildman–Crippen MR) is 340 cm³/mol. The van der Waals surface area contributed by atoms with Gasteiger partial charge in [0.25, 0.3) is 33.5 Å². The van der Waals surface area contributed by atoms with Crippen LogP contribution in [0.25, 0.3) is 44.4 Å². The lowest BCUT2D eigenvalue weighted by molar-refractivity contribution is 0.0531. The minimum atomic E-state index is -4.02. The molecule has 494 valence electrons. The number of aliphatic hydroxyl groups is 3. The molecule has 12 N–H and O–H groups in total. The molecule has 0 radical (unpaired) electrons. The number of oxazole rings is 4. The van der Waals surface area contributed by atoms with Crippen LogP contribution in [-0.2, 0) is 14.9 Å². The molecule has 6 unspecified atom stereocenters. The second-order valence-electron chi connectivity index (χ2n) is 23.0. The van der Waals surface area contributed by atoms with Gasteiger partial charge in [0.2, 0.25) is 0 Å². The van der Waals surface area contributed by atoms with E-state index in [-0.39, 0.29) is 90.1 Å². The van der Waals surface area contributed by atoms with Crippen LogP contribution in [0.2, 0.25) is 5.35 Å². The zero-order valence-electron chi connectivity index (χ0n) is 50.7. The van der Waals surface area contributed by atoms with E-state index in [0.717, 1.165) is 50.5 Å². The molecule has 1 amide bonds. The van der Waals surface area contributed by atoms with Crippen LogP contribution < -0.4 is 36.5 Å². The van der Waals surface area contributed by atoms with E-state index in [2.05, 4.69) is 41.2 Å². The average molecular weight is 1320 g/mol. The van der Waals surface area contributed by atoms with Crippen LogP contribution in [0.3, 0.4) is 0 Å². The number of alkyl carbamates (subject to hydrolysis) is 1. The Labute approximate surface area is 532 Å². The number of fused-ring (bicyclic) bond motifs is 4. The summed E-state index contributed by atoms with van der Waals surface area (Å²) in [6, 6.07) is 27.6. The van der Waals surface area contributed by atoms with Crippen molar-refractivity contribution in [2.75, 3.05) is 42.3 Å². The predicted octanol–water partition coefficient (Wildman–Crippen LogP) is 11.5.